The number of aromatic nitrogens is 2. The molecule has 6 nitrogen and oxygen atoms in total. The highest BCUT2D eigenvalue weighted by molar-refractivity contribution is 5.96. The average molecular weight is 285 g/mol. The van der Waals surface area contributed by atoms with E-state index in [-0.39, 0.29) is 5.91 Å². The Bertz CT molecular complexity index is 715. The van der Waals surface area contributed by atoms with E-state index in [2.05, 4.69) is 15.4 Å². The quantitative estimate of drug-likeness (QED) is 0.848. The number of imidazole rings is 1. The van der Waals surface area contributed by atoms with E-state index in [4.69, 9.17) is 5.73 Å². The minimum atomic E-state index is -0.120. The first kappa shape index (κ1) is 14.8. The molecule has 21 heavy (non-hydrogen) atoms. The molecule has 1 amide bonds. The van der Waals surface area contributed by atoms with Crippen LogP contribution in [-0.2, 0) is 4.79 Å². The second kappa shape index (κ2) is 5.78. The number of nitrogens with one attached hydrogen (secondary N) is 1. The van der Waals surface area contributed by atoms with Crippen molar-refractivity contribution in [1.82, 2.24) is 9.66 Å². The maximum atomic E-state index is 11.3. The molecular formula is C15H19N5O. The van der Waals surface area contributed by atoms with Crippen LogP contribution >= 0.6 is 0 Å². The van der Waals surface area contributed by atoms with Gasteiger partial charge in [0, 0.05) is 18.2 Å². The van der Waals surface area contributed by atoms with Crippen molar-refractivity contribution in [3.8, 4) is 0 Å². The lowest BCUT2D eigenvalue weighted by Gasteiger charge is -2.10. The summed E-state index contributed by atoms with van der Waals surface area (Å²) in [5.74, 6) is 0.208. The van der Waals surface area contributed by atoms with Crippen LogP contribution in [0.15, 0.2) is 23.4 Å². The van der Waals surface area contributed by atoms with Crippen molar-refractivity contribution < 1.29 is 4.79 Å². The second-order valence-electron chi connectivity index (χ2n) is 5.03. The number of nitrogens with zero attached hydrogens (tertiary/aromatic N) is 3. The summed E-state index contributed by atoms with van der Waals surface area (Å²) in [4.78, 5) is 15.4. The van der Waals surface area contributed by atoms with Crippen LogP contribution in [0.3, 0.4) is 0 Å². The Morgan fingerprint density at radius 3 is 2.57 bits per heavy atom. The summed E-state index contributed by atoms with van der Waals surface area (Å²) in [5.41, 5.74) is 10.3. The standard InChI is InChI=1S/C15H19N5O/c1-9-5-13(14(6-10(9)2)19-12(4)21)7-17-20-8-11(3)18-15(20)16/h5-8H,1-4H3,(H2,16,18)(H,19,21). The van der Waals surface area contributed by atoms with Crippen LogP contribution in [0, 0.1) is 20.8 Å². The molecule has 0 bridgehead atoms. The SMILES string of the molecule is CC(=O)Nc1cc(C)c(C)cc1C=Nn1cc(C)nc1N. The van der Waals surface area contributed by atoms with Gasteiger partial charge in [0.25, 0.3) is 0 Å². The highest BCUT2D eigenvalue weighted by atomic mass is 16.1. The van der Waals surface area contributed by atoms with Crippen molar-refractivity contribution >= 4 is 23.8 Å². The van der Waals surface area contributed by atoms with Gasteiger partial charge in [-0.1, -0.05) is 0 Å². The molecule has 0 saturated heterocycles. The van der Waals surface area contributed by atoms with Crippen LogP contribution < -0.4 is 11.1 Å². The van der Waals surface area contributed by atoms with Gasteiger partial charge in [0.2, 0.25) is 11.9 Å². The van der Waals surface area contributed by atoms with E-state index in [0.29, 0.717) is 5.95 Å². The van der Waals surface area contributed by atoms with Crippen LogP contribution in [-0.4, -0.2) is 21.8 Å². The van der Waals surface area contributed by atoms with E-state index in [9.17, 15) is 4.79 Å². The predicted molar refractivity (Wildman–Crippen MR) is 84.6 cm³/mol. The normalized spacial score (nSPS) is 11.0. The zero-order chi connectivity index (χ0) is 15.6. The van der Waals surface area contributed by atoms with E-state index in [1.54, 1.807) is 12.4 Å². The summed E-state index contributed by atoms with van der Waals surface area (Å²) < 4.78 is 1.50. The molecule has 0 aliphatic heterocycles. The fraction of sp³-hybridized carbons (Fsp3) is 0.267. The number of amides is 1. The number of hydrogen-bond acceptors (Lipinski definition) is 4. The number of aryl methyl sites for hydroxylation is 3. The van der Waals surface area contributed by atoms with Gasteiger partial charge in [-0.3, -0.25) is 4.79 Å². The van der Waals surface area contributed by atoms with Crippen molar-refractivity contribution in [3.05, 3.63) is 40.7 Å². The van der Waals surface area contributed by atoms with Gasteiger partial charge in [-0.25, -0.2) is 9.66 Å². The van der Waals surface area contributed by atoms with Crippen LogP contribution in [0.25, 0.3) is 0 Å². The molecule has 0 unspecified atom stereocenters. The summed E-state index contributed by atoms with van der Waals surface area (Å²) in [7, 11) is 0. The molecule has 0 atom stereocenters. The van der Waals surface area contributed by atoms with Gasteiger partial charge in [0.1, 0.15) is 0 Å². The number of hydrogen-bond donors (Lipinski definition) is 2. The summed E-state index contributed by atoms with van der Waals surface area (Å²) >= 11 is 0. The van der Waals surface area contributed by atoms with Crippen LogP contribution in [0.1, 0.15) is 29.3 Å². The molecule has 0 aliphatic rings. The topological polar surface area (TPSA) is 85.3 Å². The molecule has 1 heterocycles. The Hall–Kier alpha value is -2.63. The lowest BCUT2D eigenvalue weighted by Crippen LogP contribution is -2.09. The first-order chi connectivity index (χ1) is 9.86. The minimum absolute atomic E-state index is 0.120. The lowest BCUT2D eigenvalue weighted by atomic mass is 10.0. The molecule has 110 valence electrons. The van der Waals surface area contributed by atoms with Gasteiger partial charge >= 0.3 is 0 Å². The highest BCUT2D eigenvalue weighted by Crippen LogP contribution is 2.20. The largest absolute Gasteiger partial charge is 0.368 e. The zero-order valence-corrected chi connectivity index (χ0v) is 12.6. The van der Waals surface area contributed by atoms with Crippen molar-refractivity contribution in [2.45, 2.75) is 27.7 Å². The highest BCUT2D eigenvalue weighted by Gasteiger charge is 2.06. The van der Waals surface area contributed by atoms with E-state index in [0.717, 1.165) is 28.1 Å². The average Bonchev–Trinajstić information content (AvgIpc) is 2.70. The van der Waals surface area contributed by atoms with Crippen LogP contribution in [0.4, 0.5) is 11.6 Å². The lowest BCUT2D eigenvalue weighted by molar-refractivity contribution is -0.114. The van der Waals surface area contributed by atoms with Gasteiger partial charge in [-0.05, 0) is 44.0 Å². The van der Waals surface area contributed by atoms with Gasteiger partial charge in [-0.2, -0.15) is 5.10 Å². The van der Waals surface area contributed by atoms with E-state index >= 15 is 0 Å². The number of anilines is 2. The number of carbonyl (C=O) groups excluding carboxylic acids is 1. The third-order valence-electron chi connectivity index (χ3n) is 3.13. The molecule has 0 radical (unpaired) electrons. The summed E-state index contributed by atoms with van der Waals surface area (Å²) in [6.45, 7) is 7.34. The maximum absolute atomic E-state index is 11.3. The summed E-state index contributed by atoms with van der Waals surface area (Å²) in [6.07, 6.45) is 3.40. The molecule has 0 fully saturated rings. The number of nitrogen functional groups attached to an aromatic ring is 1. The van der Waals surface area contributed by atoms with Crippen molar-refractivity contribution in [1.29, 1.82) is 0 Å². The number of nitrogens with two attached hydrogens (primary N) is 1. The second-order valence-corrected chi connectivity index (χ2v) is 5.03. The Morgan fingerprint density at radius 1 is 1.33 bits per heavy atom. The Labute approximate surface area is 123 Å². The summed E-state index contributed by atoms with van der Waals surface area (Å²) in [6, 6.07) is 3.91. The van der Waals surface area contributed by atoms with Crippen LogP contribution in [0.5, 0.6) is 0 Å². The molecule has 0 spiro atoms. The van der Waals surface area contributed by atoms with E-state index in [1.165, 1.54) is 11.6 Å². The Kier molecular flexibility index (Phi) is 4.07. The van der Waals surface area contributed by atoms with Crippen LogP contribution in [0.2, 0.25) is 0 Å². The first-order valence-electron chi connectivity index (χ1n) is 6.61. The number of benzene rings is 1. The summed E-state index contributed by atoms with van der Waals surface area (Å²) in [5, 5.41) is 7.10. The molecule has 2 rings (SSSR count). The van der Waals surface area contributed by atoms with E-state index < -0.39 is 0 Å². The molecule has 0 saturated carbocycles. The maximum Gasteiger partial charge on any atom is 0.221 e. The Morgan fingerprint density at radius 2 is 2.00 bits per heavy atom. The first-order valence-corrected chi connectivity index (χ1v) is 6.61. The fourth-order valence-corrected chi connectivity index (χ4v) is 1.96. The van der Waals surface area contributed by atoms with E-state index in [1.807, 2.05) is 32.9 Å². The molecule has 6 heteroatoms. The molecule has 1 aromatic carbocycles. The van der Waals surface area contributed by atoms with Gasteiger partial charge in [0.05, 0.1) is 18.1 Å². The van der Waals surface area contributed by atoms with Crippen molar-refractivity contribution in [3.63, 3.8) is 0 Å². The molecule has 1 aromatic heterocycles. The monoisotopic (exact) mass is 285 g/mol. The van der Waals surface area contributed by atoms with Gasteiger partial charge in [0.15, 0.2) is 0 Å². The smallest absolute Gasteiger partial charge is 0.221 e. The third-order valence-corrected chi connectivity index (χ3v) is 3.13. The van der Waals surface area contributed by atoms with Crippen molar-refractivity contribution in [2.75, 3.05) is 11.1 Å². The fourth-order valence-electron chi connectivity index (χ4n) is 1.96. The molecule has 3 N–H and O–H groups in total. The molecule has 2 aromatic rings. The minimum Gasteiger partial charge on any atom is -0.368 e. The van der Waals surface area contributed by atoms with Gasteiger partial charge < -0.3 is 11.1 Å². The predicted octanol–water partition coefficient (Wildman–Crippen LogP) is 2.23. The Balaban J connectivity index is 2.40. The van der Waals surface area contributed by atoms with Gasteiger partial charge in [-0.15, -0.1) is 0 Å². The molecular weight excluding hydrogens is 266 g/mol. The number of rotatable bonds is 3. The molecule has 0 aliphatic carbocycles. The number of carbonyl (C=O) groups is 1. The van der Waals surface area contributed by atoms with Crippen molar-refractivity contribution in [2.24, 2.45) is 5.10 Å². The zero-order valence-electron chi connectivity index (χ0n) is 12.6. The third kappa shape index (κ3) is 3.47.